The number of amides is 2. The van der Waals surface area contributed by atoms with Crippen LogP contribution in [0.2, 0.25) is 0 Å². The molecule has 1 aliphatic heterocycles. The highest BCUT2D eigenvalue weighted by Gasteiger charge is 2.43. The molecule has 0 aromatic carbocycles. The summed E-state index contributed by atoms with van der Waals surface area (Å²) in [5, 5.41) is 14.3. The summed E-state index contributed by atoms with van der Waals surface area (Å²) < 4.78 is 5.07. The highest BCUT2D eigenvalue weighted by Crippen LogP contribution is 2.18. The Balaban J connectivity index is 2.36. The summed E-state index contributed by atoms with van der Waals surface area (Å²) >= 11 is 0. The van der Waals surface area contributed by atoms with Gasteiger partial charge in [0, 0.05) is 32.2 Å². The lowest BCUT2D eigenvalue weighted by Gasteiger charge is -2.25. The zero-order chi connectivity index (χ0) is 14.5. The van der Waals surface area contributed by atoms with Crippen LogP contribution >= 0.6 is 0 Å². The Labute approximate surface area is 113 Å². The number of hydrogen-bond acceptors (Lipinski definition) is 4. The molecular formula is C12H23N3O4. The summed E-state index contributed by atoms with van der Waals surface area (Å²) in [5.74, 6) is -1.06. The molecule has 0 aromatic rings. The molecule has 0 spiro atoms. The number of rotatable bonds is 6. The van der Waals surface area contributed by atoms with Crippen molar-refractivity contribution in [1.82, 2.24) is 15.5 Å². The third-order valence-corrected chi connectivity index (χ3v) is 3.42. The maximum Gasteiger partial charge on any atom is 0.332 e. The Morgan fingerprint density at radius 3 is 2.63 bits per heavy atom. The number of aliphatic carboxylic acids is 1. The van der Waals surface area contributed by atoms with Crippen molar-refractivity contribution < 1.29 is 19.4 Å². The van der Waals surface area contributed by atoms with Crippen molar-refractivity contribution in [3.63, 3.8) is 0 Å². The zero-order valence-electron chi connectivity index (χ0n) is 11.7. The fourth-order valence-electron chi connectivity index (χ4n) is 1.75. The monoisotopic (exact) mass is 273 g/mol. The van der Waals surface area contributed by atoms with E-state index in [0.717, 1.165) is 0 Å². The summed E-state index contributed by atoms with van der Waals surface area (Å²) in [5.41, 5.74) is -1.28. The van der Waals surface area contributed by atoms with E-state index in [-0.39, 0.29) is 6.61 Å². The van der Waals surface area contributed by atoms with Crippen molar-refractivity contribution in [2.24, 2.45) is 0 Å². The number of carbonyl (C=O) groups excluding carboxylic acids is 1. The lowest BCUT2D eigenvalue weighted by Crippen LogP contribution is -2.58. The molecule has 1 aliphatic rings. The second kappa shape index (κ2) is 6.72. The molecular weight excluding hydrogens is 250 g/mol. The summed E-state index contributed by atoms with van der Waals surface area (Å²) in [6, 6.07) is -0.0662. The molecule has 0 aromatic heterocycles. The maximum atomic E-state index is 11.7. The van der Waals surface area contributed by atoms with E-state index < -0.39 is 17.5 Å². The van der Waals surface area contributed by atoms with Gasteiger partial charge in [-0.2, -0.15) is 0 Å². The van der Waals surface area contributed by atoms with E-state index in [1.54, 1.807) is 0 Å². The van der Waals surface area contributed by atoms with Crippen LogP contribution in [0.5, 0.6) is 0 Å². The molecule has 1 unspecified atom stereocenters. The van der Waals surface area contributed by atoms with Crippen LogP contribution in [0.25, 0.3) is 0 Å². The van der Waals surface area contributed by atoms with Gasteiger partial charge < -0.3 is 25.4 Å². The average molecular weight is 273 g/mol. The van der Waals surface area contributed by atoms with E-state index in [9.17, 15) is 9.59 Å². The number of urea groups is 1. The molecule has 0 saturated carbocycles. The molecule has 1 fully saturated rings. The van der Waals surface area contributed by atoms with E-state index in [2.05, 4.69) is 29.4 Å². The number of likely N-dealkylation sites (N-methyl/N-ethyl adjacent to an activating group) is 1. The molecule has 1 atom stereocenters. The predicted molar refractivity (Wildman–Crippen MR) is 70.1 cm³/mol. The number of nitrogens with one attached hydrogen (secondary N) is 2. The molecule has 7 nitrogen and oxygen atoms in total. The number of nitrogens with zero attached hydrogens (tertiary/aromatic N) is 1. The van der Waals surface area contributed by atoms with Crippen LogP contribution in [-0.2, 0) is 9.53 Å². The van der Waals surface area contributed by atoms with E-state index in [1.807, 2.05) is 7.05 Å². The van der Waals surface area contributed by atoms with E-state index in [4.69, 9.17) is 9.84 Å². The van der Waals surface area contributed by atoms with Gasteiger partial charge in [-0.1, -0.05) is 0 Å². The first-order valence-corrected chi connectivity index (χ1v) is 6.45. The Morgan fingerprint density at radius 2 is 2.16 bits per heavy atom. The first kappa shape index (κ1) is 15.7. The minimum atomic E-state index is -1.28. The second-order valence-corrected chi connectivity index (χ2v) is 5.15. The van der Waals surface area contributed by atoms with Crippen molar-refractivity contribution in [2.45, 2.75) is 31.8 Å². The number of ether oxygens (including phenoxy) is 1. The van der Waals surface area contributed by atoms with Crippen molar-refractivity contribution in [1.29, 1.82) is 0 Å². The van der Waals surface area contributed by atoms with Gasteiger partial charge in [0.25, 0.3) is 0 Å². The fraction of sp³-hybridized carbons (Fsp3) is 0.833. The van der Waals surface area contributed by atoms with Gasteiger partial charge in [0.2, 0.25) is 0 Å². The van der Waals surface area contributed by atoms with Crippen LogP contribution in [0.4, 0.5) is 4.79 Å². The third-order valence-electron chi connectivity index (χ3n) is 3.42. The van der Waals surface area contributed by atoms with Crippen molar-refractivity contribution in [2.75, 3.05) is 33.4 Å². The summed E-state index contributed by atoms with van der Waals surface area (Å²) in [4.78, 5) is 25.0. The van der Waals surface area contributed by atoms with Gasteiger partial charge in [-0.25, -0.2) is 9.59 Å². The van der Waals surface area contributed by atoms with Crippen molar-refractivity contribution in [3.8, 4) is 0 Å². The van der Waals surface area contributed by atoms with Crippen LogP contribution < -0.4 is 10.6 Å². The average Bonchev–Trinajstić information content (AvgIpc) is 2.78. The molecule has 0 radical (unpaired) electrons. The predicted octanol–water partition coefficient (Wildman–Crippen LogP) is -0.130. The number of carboxylic acid groups (broad SMARTS) is 1. The quantitative estimate of drug-likeness (QED) is 0.627. The normalized spacial score (nSPS) is 22.8. The minimum absolute atomic E-state index is 0.0155. The Kier molecular flexibility index (Phi) is 5.56. The second-order valence-electron chi connectivity index (χ2n) is 5.15. The van der Waals surface area contributed by atoms with Gasteiger partial charge in [-0.15, -0.1) is 0 Å². The Morgan fingerprint density at radius 1 is 1.47 bits per heavy atom. The highest BCUT2D eigenvalue weighted by molar-refractivity contribution is 5.86. The molecule has 0 aliphatic carbocycles. The Bertz CT molecular complexity index is 327. The molecule has 110 valence electrons. The van der Waals surface area contributed by atoms with Crippen LogP contribution in [0.1, 0.15) is 20.3 Å². The summed E-state index contributed by atoms with van der Waals surface area (Å²) in [7, 11) is 1.97. The van der Waals surface area contributed by atoms with Gasteiger partial charge in [-0.05, 0) is 20.9 Å². The molecule has 1 heterocycles. The third kappa shape index (κ3) is 4.36. The molecule has 19 heavy (non-hydrogen) atoms. The topological polar surface area (TPSA) is 90.9 Å². The van der Waals surface area contributed by atoms with E-state index in [0.29, 0.717) is 32.2 Å². The number of hydrogen-bond donors (Lipinski definition) is 3. The van der Waals surface area contributed by atoms with Gasteiger partial charge in [0.05, 0.1) is 6.61 Å². The van der Waals surface area contributed by atoms with Crippen LogP contribution in [-0.4, -0.2) is 66.9 Å². The van der Waals surface area contributed by atoms with Crippen LogP contribution in [0.15, 0.2) is 0 Å². The number of carboxylic acids is 1. The SMILES string of the molecule is CC(C)N(C)CCNC(=O)NC1(C(=O)O)CCOC1. The summed E-state index contributed by atoms with van der Waals surface area (Å²) in [6.07, 6.45) is 0.293. The molecule has 0 bridgehead atoms. The highest BCUT2D eigenvalue weighted by atomic mass is 16.5. The standard InChI is InChI=1S/C12H23N3O4/c1-9(2)15(3)6-5-13-11(18)14-12(10(16)17)4-7-19-8-12/h9H,4-8H2,1-3H3,(H,16,17)(H2,13,14,18). The summed E-state index contributed by atoms with van der Waals surface area (Å²) in [6.45, 7) is 5.67. The molecule has 7 heteroatoms. The first-order valence-electron chi connectivity index (χ1n) is 6.45. The van der Waals surface area contributed by atoms with Gasteiger partial charge >= 0.3 is 12.0 Å². The molecule has 1 rings (SSSR count). The molecule has 3 N–H and O–H groups in total. The van der Waals surface area contributed by atoms with Gasteiger partial charge in [-0.3, -0.25) is 0 Å². The first-order chi connectivity index (χ1) is 8.87. The van der Waals surface area contributed by atoms with Crippen molar-refractivity contribution in [3.05, 3.63) is 0 Å². The molecule has 2 amide bonds. The lowest BCUT2D eigenvalue weighted by molar-refractivity contribution is -0.144. The van der Waals surface area contributed by atoms with Crippen LogP contribution in [0, 0.1) is 0 Å². The van der Waals surface area contributed by atoms with Gasteiger partial charge in [0.1, 0.15) is 0 Å². The van der Waals surface area contributed by atoms with E-state index >= 15 is 0 Å². The van der Waals surface area contributed by atoms with Gasteiger partial charge in [0.15, 0.2) is 5.54 Å². The van der Waals surface area contributed by atoms with Crippen molar-refractivity contribution >= 4 is 12.0 Å². The largest absolute Gasteiger partial charge is 0.479 e. The van der Waals surface area contributed by atoms with E-state index in [1.165, 1.54) is 0 Å². The lowest BCUT2D eigenvalue weighted by atomic mass is 9.99. The smallest absolute Gasteiger partial charge is 0.332 e. The fourth-order valence-corrected chi connectivity index (χ4v) is 1.75. The van der Waals surface area contributed by atoms with Crippen LogP contribution in [0.3, 0.4) is 0 Å². The zero-order valence-corrected chi connectivity index (χ0v) is 11.7. The Hall–Kier alpha value is -1.34. The minimum Gasteiger partial charge on any atom is -0.479 e. The maximum absolute atomic E-state index is 11.7. The number of carbonyl (C=O) groups is 2. The molecule has 1 saturated heterocycles.